The summed E-state index contributed by atoms with van der Waals surface area (Å²) >= 11 is 6.10. The summed E-state index contributed by atoms with van der Waals surface area (Å²) in [6.45, 7) is 5.59. The summed E-state index contributed by atoms with van der Waals surface area (Å²) in [5.74, 6) is 0.469. The quantitative estimate of drug-likeness (QED) is 0.789. The van der Waals surface area contributed by atoms with E-state index in [9.17, 15) is 4.79 Å². The van der Waals surface area contributed by atoms with Crippen molar-refractivity contribution in [1.82, 2.24) is 0 Å². The van der Waals surface area contributed by atoms with E-state index in [1.165, 1.54) is 7.11 Å². The van der Waals surface area contributed by atoms with Crippen molar-refractivity contribution in [3.63, 3.8) is 0 Å². The molecule has 0 fully saturated rings. The molecule has 4 nitrogen and oxygen atoms in total. The molecule has 19 heavy (non-hydrogen) atoms. The molecule has 0 amide bonds. The van der Waals surface area contributed by atoms with Crippen LogP contribution < -0.4 is 11.1 Å². The minimum Gasteiger partial charge on any atom is -0.465 e. The van der Waals surface area contributed by atoms with Crippen molar-refractivity contribution in [2.45, 2.75) is 13.8 Å². The minimum absolute atomic E-state index is 0.359. The Labute approximate surface area is 119 Å². The van der Waals surface area contributed by atoms with Crippen LogP contribution in [-0.2, 0) is 4.74 Å². The molecule has 0 radical (unpaired) electrons. The largest absolute Gasteiger partial charge is 0.465 e. The molecule has 0 aliphatic heterocycles. The zero-order valence-electron chi connectivity index (χ0n) is 11.6. The lowest BCUT2D eigenvalue weighted by molar-refractivity contribution is 0.0601. The first-order chi connectivity index (χ1) is 8.99. The smallest absolute Gasteiger partial charge is 0.337 e. The molecule has 0 spiro atoms. The van der Waals surface area contributed by atoms with Gasteiger partial charge >= 0.3 is 5.97 Å². The summed E-state index contributed by atoms with van der Waals surface area (Å²) in [4.78, 5) is 11.5. The monoisotopic (exact) mass is 284 g/mol. The number of hydrogen-bond donors (Lipinski definition) is 2. The Balaban J connectivity index is 2.79. The highest BCUT2D eigenvalue weighted by atomic mass is 35.5. The Morgan fingerprint density at radius 2 is 2.16 bits per heavy atom. The van der Waals surface area contributed by atoms with E-state index in [0.717, 1.165) is 12.2 Å². The average molecular weight is 285 g/mol. The number of nitrogens with one attached hydrogen (secondary N) is 1. The molecule has 3 N–H and O–H groups in total. The molecule has 0 saturated heterocycles. The fraction of sp³-hybridized carbons (Fsp3) is 0.500. The maximum Gasteiger partial charge on any atom is 0.337 e. The molecule has 1 rings (SSSR count). The van der Waals surface area contributed by atoms with E-state index in [1.807, 2.05) is 0 Å². The van der Waals surface area contributed by atoms with Crippen molar-refractivity contribution in [3.8, 4) is 0 Å². The highest BCUT2D eigenvalue weighted by Gasteiger charge is 2.13. The van der Waals surface area contributed by atoms with Gasteiger partial charge in [-0.2, -0.15) is 0 Å². The number of methoxy groups -OCH3 is 1. The van der Waals surface area contributed by atoms with Gasteiger partial charge in [-0.3, -0.25) is 0 Å². The SMILES string of the molecule is COC(=O)c1ccc(Cl)c(NCC(CN)C(C)C)c1. The number of carbonyl (C=O) groups is 1. The summed E-state index contributed by atoms with van der Waals surface area (Å²) in [6.07, 6.45) is 0. The third kappa shape index (κ3) is 4.40. The predicted octanol–water partition coefficient (Wildman–Crippen LogP) is 2.77. The van der Waals surface area contributed by atoms with E-state index in [2.05, 4.69) is 23.9 Å². The van der Waals surface area contributed by atoms with Gasteiger partial charge in [0.05, 0.1) is 23.4 Å². The van der Waals surface area contributed by atoms with Crippen LogP contribution in [0.3, 0.4) is 0 Å². The van der Waals surface area contributed by atoms with Gasteiger partial charge in [-0.05, 0) is 36.6 Å². The Morgan fingerprint density at radius 1 is 1.47 bits per heavy atom. The van der Waals surface area contributed by atoms with Crippen LogP contribution in [0.25, 0.3) is 0 Å². The minimum atomic E-state index is -0.376. The zero-order valence-corrected chi connectivity index (χ0v) is 12.3. The van der Waals surface area contributed by atoms with Crippen LogP contribution in [0.15, 0.2) is 18.2 Å². The standard InChI is InChI=1S/C14H21ClN2O2/c1-9(2)11(7-16)8-17-13-6-10(14(18)19-3)4-5-12(13)15/h4-6,9,11,17H,7-8,16H2,1-3H3. The number of esters is 1. The van der Waals surface area contributed by atoms with Gasteiger partial charge in [-0.1, -0.05) is 25.4 Å². The summed E-state index contributed by atoms with van der Waals surface area (Å²) in [5.41, 5.74) is 6.93. The van der Waals surface area contributed by atoms with Crippen molar-refractivity contribution in [2.75, 3.05) is 25.5 Å². The molecule has 0 bridgehead atoms. The van der Waals surface area contributed by atoms with Gasteiger partial charge in [-0.25, -0.2) is 4.79 Å². The van der Waals surface area contributed by atoms with Crippen molar-refractivity contribution in [3.05, 3.63) is 28.8 Å². The summed E-state index contributed by atoms with van der Waals surface area (Å²) in [7, 11) is 1.35. The number of hydrogen-bond acceptors (Lipinski definition) is 4. The molecule has 1 unspecified atom stereocenters. The summed E-state index contributed by atoms with van der Waals surface area (Å²) < 4.78 is 4.69. The van der Waals surface area contributed by atoms with E-state index in [1.54, 1.807) is 18.2 Å². The number of halogens is 1. The second kappa shape index (κ2) is 7.36. The lowest BCUT2D eigenvalue weighted by Gasteiger charge is -2.20. The molecular weight excluding hydrogens is 264 g/mol. The van der Waals surface area contributed by atoms with Crippen LogP contribution in [-0.4, -0.2) is 26.2 Å². The predicted molar refractivity (Wildman–Crippen MR) is 78.7 cm³/mol. The van der Waals surface area contributed by atoms with E-state index in [-0.39, 0.29) is 5.97 Å². The Morgan fingerprint density at radius 3 is 2.68 bits per heavy atom. The zero-order chi connectivity index (χ0) is 14.4. The molecule has 5 heteroatoms. The molecule has 0 saturated carbocycles. The van der Waals surface area contributed by atoms with E-state index in [0.29, 0.717) is 29.0 Å². The van der Waals surface area contributed by atoms with Crippen LogP contribution in [0.1, 0.15) is 24.2 Å². The van der Waals surface area contributed by atoms with Crippen molar-refractivity contribution in [1.29, 1.82) is 0 Å². The number of nitrogens with two attached hydrogens (primary N) is 1. The lowest BCUT2D eigenvalue weighted by Crippen LogP contribution is -2.27. The fourth-order valence-corrected chi connectivity index (χ4v) is 1.92. The maximum absolute atomic E-state index is 11.5. The van der Waals surface area contributed by atoms with Crippen molar-refractivity contribution in [2.24, 2.45) is 17.6 Å². The van der Waals surface area contributed by atoms with Crippen LogP contribution >= 0.6 is 11.6 Å². The van der Waals surface area contributed by atoms with E-state index < -0.39 is 0 Å². The molecule has 1 atom stereocenters. The van der Waals surface area contributed by atoms with E-state index >= 15 is 0 Å². The van der Waals surface area contributed by atoms with Crippen LogP contribution in [0.2, 0.25) is 5.02 Å². The topological polar surface area (TPSA) is 64.3 Å². The first kappa shape index (κ1) is 15.8. The third-order valence-corrected chi connectivity index (χ3v) is 3.52. The molecule has 1 aromatic carbocycles. The summed E-state index contributed by atoms with van der Waals surface area (Å²) in [5, 5.41) is 3.82. The number of rotatable bonds is 6. The second-order valence-electron chi connectivity index (χ2n) is 4.81. The number of ether oxygens (including phenoxy) is 1. The van der Waals surface area contributed by atoms with Gasteiger partial charge in [0.25, 0.3) is 0 Å². The average Bonchev–Trinajstić information content (AvgIpc) is 2.40. The van der Waals surface area contributed by atoms with Crippen molar-refractivity contribution >= 4 is 23.3 Å². The third-order valence-electron chi connectivity index (χ3n) is 3.19. The molecule has 106 valence electrons. The van der Waals surface area contributed by atoms with Gasteiger partial charge in [0.15, 0.2) is 0 Å². The highest BCUT2D eigenvalue weighted by Crippen LogP contribution is 2.24. The van der Waals surface area contributed by atoms with Crippen LogP contribution in [0.5, 0.6) is 0 Å². The van der Waals surface area contributed by atoms with Crippen LogP contribution in [0, 0.1) is 11.8 Å². The van der Waals surface area contributed by atoms with Gasteiger partial charge in [0.2, 0.25) is 0 Å². The van der Waals surface area contributed by atoms with Crippen LogP contribution in [0.4, 0.5) is 5.69 Å². The van der Waals surface area contributed by atoms with Crippen molar-refractivity contribution < 1.29 is 9.53 Å². The molecule has 0 aromatic heterocycles. The number of anilines is 1. The first-order valence-electron chi connectivity index (χ1n) is 6.31. The molecule has 0 aliphatic rings. The molecule has 1 aromatic rings. The van der Waals surface area contributed by atoms with E-state index in [4.69, 9.17) is 17.3 Å². The first-order valence-corrected chi connectivity index (χ1v) is 6.69. The second-order valence-corrected chi connectivity index (χ2v) is 5.21. The molecule has 0 heterocycles. The van der Waals surface area contributed by atoms with Gasteiger partial charge in [0, 0.05) is 6.54 Å². The maximum atomic E-state index is 11.5. The van der Waals surface area contributed by atoms with Gasteiger partial charge in [0.1, 0.15) is 0 Å². The normalized spacial score (nSPS) is 12.3. The van der Waals surface area contributed by atoms with Gasteiger partial charge in [-0.15, -0.1) is 0 Å². The fourth-order valence-electron chi connectivity index (χ4n) is 1.74. The van der Waals surface area contributed by atoms with Gasteiger partial charge < -0.3 is 15.8 Å². The lowest BCUT2D eigenvalue weighted by atomic mass is 9.96. The number of carbonyl (C=O) groups excluding carboxylic acids is 1. The number of benzene rings is 1. The molecule has 0 aliphatic carbocycles. The Kier molecular flexibility index (Phi) is 6.12. The Hall–Kier alpha value is -1.26. The highest BCUT2D eigenvalue weighted by molar-refractivity contribution is 6.33. The Bertz CT molecular complexity index is 435. The molecular formula is C14H21ClN2O2. The summed E-state index contributed by atoms with van der Waals surface area (Å²) in [6, 6.07) is 5.02.